The minimum absolute atomic E-state index is 0.122. The topological polar surface area (TPSA) is 65.1 Å². The zero-order valence-corrected chi connectivity index (χ0v) is 27.1. The van der Waals surface area contributed by atoms with E-state index in [1.165, 1.54) is 0 Å². The Morgan fingerprint density at radius 2 is 1.51 bits per heavy atom. The van der Waals surface area contributed by atoms with Gasteiger partial charge in [0.05, 0.1) is 6.61 Å². The Labute approximate surface area is 261 Å². The van der Waals surface area contributed by atoms with E-state index in [1.54, 1.807) is 7.11 Å². The molecule has 2 aliphatic carbocycles. The molecule has 6 nitrogen and oxygen atoms in total. The number of hydrogen-bond donors (Lipinski definition) is 0. The fraction of sp³-hybridized carbons (Fsp3) is 0.500. The summed E-state index contributed by atoms with van der Waals surface area (Å²) in [5, 5.41) is 0.656. The number of ketones is 2. The van der Waals surface area contributed by atoms with Gasteiger partial charge < -0.3 is 19.1 Å². The lowest BCUT2D eigenvalue weighted by Gasteiger charge is -2.49. The molecule has 2 aromatic carbocycles. The summed E-state index contributed by atoms with van der Waals surface area (Å²) in [4.78, 5) is 30.4. The van der Waals surface area contributed by atoms with Gasteiger partial charge in [-0.05, 0) is 72.4 Å². The van der Waals surface area contributed by atoms with Crippen LogP contribution in [0, 0.1) is 10.8 Å². The smallest absolute Gasteiger partial charge is 0.162 e. The predicted molar refractivity (Wildman–Crippen MR) is 169 cm³/mol. The number of methoxy groups -OCH3 is 1. The fourth-order valence-corrected chi connectivity index (χ4v) is 7.11. The van der Waals surface area contributed by atoms with Crippen molar-refractivity contribution in [1.82, 2.24) is 4.90 Å². The van der Waals surface area contributed by atoms with Crippen LogP contribution in [0.2, 0.25) is 5.02 Å². The third-order valence-corrected chi connectivity index (χ3v) is 8.87. The number of Topliss-reactive ketones (excluding diaryl/α,β-unsaturated/α-hetero) is 2. The second-order valence-electron chi connectivity index (χ2n) is 13.6. The third-order valence-electron chi connectivity index (χ3n) is 8.64. The average molecular weight is 606 g/mol. The van der Waals surface area contributed by atoms with Crippen LogP contribution in [0.5, 0.6) is 11.5 Å². The zero-order valence-electron chi connectivity index (χ0n) is 26.3. The first-order valence-corrected chi connectivity index (χ1v) is 15.7. The van der Waals surface area contributed by atoms with E-state index >= 15 is 0 Å². The highest BCUT2D eigenvalue weighted by atomic mass is 35.5. The number of ether oxygens (including phenoxy) is 3. The first kappa shape index (κ1) is 31.3. The van der Waals surface area contributed by atoms with Crippen molar-refractivity contribution < 1.29 is 23.8 Å². The van der Waals surface area contributed by atoms with Gasteiger partial charge in [0.2, 0.25) is 0 Å². The van der Waals surface area contributed by atoms with Crippen LogP contribution in [0.3, 0.4) is 0 Å². The Balaban J connectivity index is 1.62. The van der Waals surface area contributed by atoms with Gasteiger partial charge in [-0.3, -0.25) is 9.59 Å². The van der Waals surface area contributed by atoms with Crippen molar-refractivity contribution in [2.24, 2.45) is 10.8 Å². The number of nitrogens with zero attached hydrogens (tertiary/aromatic N) is 1. The first-order chi connectivity index (χ1) is 20.4. The number of rotatable bonds is 10. The molecule has 0 bridgehead atoms. The van der Waals surface area contributed by atoms with Gasteiger partial charge in [-0.15, -0.1) is 0 Å². The Morgan fingerprint density at radius 3 is 2.09 bits per heavy atom. The molecule has 0 N–H and O–H groups in total. The fourth-order valence-electron chi connectivity index (χ4n) is 6.90. The molecule has 5 rings (SSSR count). The van der Waals surface area contributed by atoms with Crippen LogP contribution in [0.1, 0.15) is 83.8 Å². The van der Waals surface area contributed by atoms with Crippen molar-refractivity contribution in [3.8, 4) is 11.5 Å². The van der Waals surface area contributed by atoms with Gasteiger partial charge in [0, 0.05) is 66.6 Å². The van der Waals surface area contributed by atoms with Crippen LogP contribution in [-0.4, -0.2) is 43.3 Å². The summed E-state index contributed by atoms with van der Waals surface area (Å²) in [5.41, 5.74) is 5.15. The highest BCUT2D eigenvalue weighted by molar-refractivity contribution is 6.30. The van der Waals surface area contributed by atoms with E-state index < -0.39 is 5.92 Å². The Kier molecular flexibility index (Phi) is 9.10. The van der Waals surface area contributed by atoms with E-state index in [-0.39, 0.29) is 22.4 Å². The number of carbonyl (C=O) groups is 2. The maximum atomic E-state index is 14.1. The molecule has 0 spiro atoms. The molecule has 43 heavy (non-hydrogen) atoms. The molecule has 0 radical (unpaired) electrons. The normalized spacial score (nSPS) is 19.8. The van der Waals surface area contributed by atoms with Gasteiger partial charge in [-0.1, -0.05) is 57.5 Å². The molecule has 0 unspecified atom stereocenters. The molecule has 2 aromatic rings. The molecule has 0 atom stereocenters. The van der Waals surface area contributed by atoms with Crippen LogP contribution >= 0.6 is 11.6 Å². The maximum Gasteiger partial charge on any atom is 0.162 e. The lowest BCUT2D eigenvalue weighted by Crippen LogP contribution is -2.44. The van der Waals surface area contributed by atoms with Gasteiger partial charge >= 0.3 is 0 Å². The van der Waals surface area contributed by atoms with Crippen molar-refractivity contribution in [2.45, 2.75) is 79.2 Å². The largest absolute Gasteiger partial charge is 0.490 e. The minimum atomic E-state index is -0.433. The van der Waals surface area contributed by atoms with Crippen LogP contribution in [0.4, 0.5) is 0 Å². The summed E-state index contributed by atoms with van der Waals surface area (Å²) >= 11 is 6.18. The Morgan fingerprint density at radius 1 is 0.860 bits per heavy atom. The SMILES string of the molecule is CCOc1cc(C2C3=C(CC(C)(C)CC3=O)N(CCCOC)C3=C2C(=O)CC(C)(C)C3)ccc1OCc1cccc(Cl)c1. The molecule has 0 aromatic heterocycles. The summed E-state index contributed by atoms with van der Waals surface area (Å²) < 4.78 is 17.7. The molecular weight excluding hydrogens is 562 g/mol. The Bertz CT molecular complexity index is 1420. The summed E-state index contributed by atoms with van der Waals surface area (Å²) in [5.74, 6) is 1.02. The number of carbonyl (C=O) groups excluding carboxylic acids is 2. The molecule has 0 saturated carbocycles. The third kappa shape index (κ3) is 6.71. The molecule has 230 valence electrons. The zero-order chi connectivity index (χ0) is 30.9. The molecule has 3 aliphatic rings. The first-order valence-electron chi connectivity index (χ1n) is 15.4. The van der Waals surface area contributed by atoms with Crippen molar-refractivity contribution in [3.63, 3.8) is 0 Å². The van der Waals surface area contributed by atoms with E-state index in [9.17, 15) is 9.59 Å². The second-order valence-corrected chi connectivity index (χ2v) is 14.0. The molecule has 0 fully saturated rings. The van der Waals surface area contributed by atoms with E-state index in [0.29, 0.717) is 55.7 Å². The monoisotopic (exact) mass is 605 g/mol. The predicted octanol–water partition coefficient (Wildman–Crippen LogP) is 8.04. The van der Waals surface area contributed by atoms with E-state index in [0.717, 1.165) is 52.9 Å². The summed E-state index contributed by atoms with van der Waals surface area (Å²) in [7, 11) is 1.71. The van der Waals surface area contributed by atoms with Gasteiger partial charge in [0.15, 0.2) is 23.1 Å². The molecule has 7 heteroatoms. The molecule has 1 heterocycles. The summed E-state index contributed by atoms with van der Waals surface area (Å²) in [6.45, 7) is 12.7. The molecule has 1 aliphatic heterocycles. The maximum absolute atomic E-state index is 14.1. The lowest BCUT2D eigenvalue weighted by atomic mass is 9.63. The number of hydrogen-bond acceptors (Lipinski definition) is 6. The quantitative estimate of drug-likeness (QED) is 0.255. The van der Waals surface area contributed by atoms with Gasteiger partial charge in [-0.2, -0.15) is 0 Å². The van der Waals surface area contributed by atoms with Gasteiger partial charge in [-0.25, -0.2) is 0 Å². The van der Waals surface area contributed by atoms with Crippen LogP contribution in [0.15, 0.2) is 65.0 Å². The minimum Gasteiger partial charge on any atom is -0.490 e. The van der Waals surface area contributed by atoms with Gasteiger partial charge in [0.1, 0.15) is 6.61 Å². The number of halogens is 1. The van der Waals surface area contributed by atoms with Crippen LogP contribution < -0.4 is 9.47 Å². The standard InChI is InChI=1S/C36H44ClNO5/c1-7-42-31-17-24(12-13-30(31)43-22-23-10-8-11-25(37)16-23)32-33-26(18-35(2,3)20-28(33)39)38(14-9-15-41-6)27-19-36(4,5)21-29(40)34(27)32/h8,10-13,16-17,32H,7,9,14-15,18-22H2,1-6H3. The highest BCUT2D eigenvalue weighted by Crippen LogP contribution is 2.55. The van der Waals surface area contributed by atoms with Crippen LogP contribution in [0.25, 0.3) is 0 Å². The van der Waals surface area contributed by atoms with Crippen molar-refractivity contribution in [1.29, 1.82) is 0 Å². The summed E-state index contributed by atoms with van der Waals surface area (Å²) in [6, 6.07) is 13.5. The summed E-state index contributed by atoms with van der Waals surface area (Å²) in [6.07, 6.45) is 3.28. The van der Waals surface area contributed by atoms with Gasteiger partial charge in [0.25, 0.3) is 0 Å². The van der Waals surface area contributed by atoms with E-state index in [1.807, 2.05) is 49.4 Å². The second kappa shape index (κ2) is 12.5. The average Bonchev–Trinajstić information content (AvgIpc) is 2.91. The van der Waals surface area contributed by atoms with Crippen molar-refractivity contribution in [2.75, 3.05) is 26.9 Å². The van der Waals surface area contributed by atoms with Crippen molar-refractivity contribution >= 4 is 23.2 Å². The van der Waals surface area contributed by atoms with E-state index in [4.69, 9.17) is 25.8 Å². The van der Waals surface area contributed by atoms with Crippen LogP contribution in [-0.2, 0) is 20.9 Å². The van der Waals surface area contributed by atoms with E-state index in [2.05, 4.69) is 32.6 Å². The lowest BCUT2D eigenvalue weighted by molar-refractivity contribution is -0.119. The molecule has 0 saturated heterocycles. The number of allylic oxidation sites excluding steroid dienone is 4. The highest BCUT2D eigenvalue weighted by Gasteiger charge is 2.49. The number of benzene rings is 2. The Hall–Kier alpha value is -3.09. The molecular formula is C36H44ClNO5. The molecule has 0 amide bonds. The van der Waals surface area contributed by atoms with Crippen molar-refractivity contribution in [3.05, 3.63) is 81.2 Å².